The van der Waals surface area contributed by atoms with Gasteiger partial charge in [0.1, 0.15) is 12.3 Å². The molecule has 0 saturated heterocycles. The third-order valence-corrected chi connectivity index (χ3v) is 2.25. The van der Waals surface area contributed by atoms with Gasteiger partial charge in [0.2, 0.25) is 0 Å². The first-order valence-corrected chi connectivity index (χ1v) is 5.53. The van der Waals surface area contributed by atoms with Crippen molar-refractivity contribution in [3.8, 4) is 0 Å². The Balaban J connectivity index is 2.68. The van der Waals surface area contributed by atoms with Crippen molar-refractivity contribution in [2.45, 2.75) is 6.43 Å². The van der Waals surface area contributed by atoms with Crippen LogP contribution in [0.4, 0.5) is 20.2 Å². The van der Waals surface area contributed by atoms with Crippen LogP contribution in [0.25, 0.3) is 0 Å². The van der Waals surface area contributed by atoms with Crippen LogP contribution in [0.1, 0.15) is 10.4 Å². The van der Waals surface area contributed by atoms with Crippen LogP contribution in [0, 0.1) is 10.1 Å². The second-order valence-corrected chi connectivity index (χ2v) is 3.69. The molecule has 1 rings (SSSR count). The number of carbonyl (C=O) groups is 1. The maximum absolute atomic E-state index is 11.8. The van der Waals surface area contributed by atoms with E-state index in [1.807, 2.05) is 0 Å². The Morgan fingerprint density at radius 2 is 2.20 bits per heavy atom. The van der Waals surface area contributed by atoms with E-state index in [-0.39, 0.29) is 30.1 Å². The Hall–Kier alpha value is -2.29. The molecule has 1 aromatic rings. The molecular formula is C11H12F2N2O5. The number of rotatable bonds is 8. The van der Waals surface area contributed by atoms with Gasteiger partial charge in [-0.3, -0.25) is 10.1 Å². The van der Waals surface area contributed by atoms with Gasteiger partial charge >= 0.3 is 5.97 Å². The van der Waals surface area contributed by atoms with Gasteiger partial charge in [0.25, 0.3) is 12.1 Å². The van der Waals surface area contributed by atoms with Gasteiger partial charge in [0, 0.05) is 12.6 Å². The minimum absolute atomic E-state index is 0.00412. The highest BCUT2D eigenvalue weighted by molar-refractivity contribution is 5.90. The molecule has 0 amide bonds. The molecule has 1 aromatic carbocycles. The van der Waals surface area contributed by atoms with Crippen molar-refractivity contribution in [1.82, 2.24) is 0 Å². The number of aromatic carboxylic acids is 1. The SMILES string of the molecule is O=C(O)c1ccc([N+](=O)[O-])c(NCCOCC(F)F)c1. The Labute approximate surface area is 112 Å². The van der Waals surface area contributed by atoms with Crippen LogP contribution in [-0.4, -0.2) is 42.2 Å². The van der Waals surface area contributed by atoms with Crippen molar-refractivity contribution >= 4 is 17.3 Å². The van der Waals surface area contributed by atoms with Crippen molar-refractivity contribution in [2.24, 2.45) is 0 Å². The lowest BCUT2D eigenvalue weighted by Crippen LogP contribution is -2.14. The minimum atomic E-state index is -2.58. The highest BCUT2D eigenvalue weighted by atomic mass is 19.3. The lowest BCUT2D eigenvalue weighted by Gasteiger charge is -2.08. The van der Waals surface area contributed by atoms with Crippen LogP contribution in [-0.2, 0) is 4.74 Å². The number of hydrogen-bond donors (Lipinski definition) is 2. The van der Waals surface area contributed by atoms with Crippen LogP contribution in [0.2, 0.25) is 0 Å². The maximum Gasteiger partial charge on any atom is 0.335 e. The van der Waals surface area contributed by atoms with E-state index in [1.165, 1.54) is 0 Å². The zero-order valence-electron chi connectivity index (χ0n) is 10.2. The first-order chi connectivity index (χ1) is 9.41. The van der Waals surface area contributed by atoms with E-state index in [1.54, 1.807) is 0 Å². The largest absolute Gasteiger partial charge is 0.478 e. The number of nitro benzene ring substituents is 1. The topological polar surface area (TPSA) is 102 Å². The zero-order chi connectivity index (χ0) is 15.1. The molecule has 0 aromatic heterocycles. The second kappa shape index (κ2) is 7.34. The summed E-state index contributed by atoms with van der Waals surface area (Å²) in [6.45, 7) is -0.769. The standard InChI is InChI=1S/C11H12F2N2O5/c12-10(13)6-20-4-3-14-8-5-7(11(16)17)1-2-9(8)15(18)19/h1-2,5,10,14H,3-4,6H2,(H,16,17). The summed E-state index contributed by atoms with van der Waals surface area (Å²) in [5.41, 5.74) is -0.425. The van der Waals surface area contributed by atoms with E-state index in [9.17, 15) is 23.7 Å². The second-order valence-electron chi connectivity index (χ2n) is 3.69. The van der Waals surface area contributed by atoms with Crippen molar-refractivity contribution < 1.29 is 28.3 Å². The summed E-state index contributed by atoms with van der Waals surface area (Å²) in [6, 6.07) is 3.28. The zero-order valence-corrected chi connectivity index (χ0v) is 10.2. The summed E-state index contributed by atoms with van der Waals surface area (Å²) in [4.78, 5) is 20.9. The summed E-state index contributed by atoms with van der Waals surface area (Å²) >= 11 is 0. The average Bonchev–Trinajstić information content (AvgIpc) is 2.37. The molecule has 0 fully saturated rings. The normalized spacial score (nSPS) is 10.6. The number of ether oxygens (including phenoxy) is 1. The number of nitrogens with one attached hydrogen (secondary N) is 1. The molecule has 2 N–H and O–H groups in total. The molecule has 0 aliphatic rings. The Morgan fingerprint density at radius 1 is 1.50 bits per heavy atom. The highest BCUT2D eigenvalue weighted by Gasteiger charge is 2.16. The fourth-order valence-corrected chi connectivity index (χ4v) is 1.40. The van der Waals surface area contributed by atoms with Crippen molar-refractivity contribution in [3.63, 3.8) is 0 Å². The summed E-state index contributed by atoms with van der Waals surface area (Å²) in [5, 5.41) is 22.2. The number of nitrogens with zero attached hydrogens (tertiary/aromatic N) is 1. The molecule has 0 saturated carbocycles. The van der Waals surface area contributed by atoms with Crippen LogP contribution in [0.15, 0.2) is 18.2 Å². The molecule has 7 nitrogen and oxygen atoms in total. The number of hydrogen-bond acceptors (Lipinski definition) is 5. The van der Waals surface area contributed by atoms with Gasteiger partial charge in [-0.15, -0.1) is 0 Å². The molecular weight excluding hydrogens is 278 g/mol. The number of carboxylic acids is 1. The molecule has 110 valence electrons. The fraction of sp³-hybridized carbons (Fsp3) is 0.364. The molecule has 0 atom stereocenters. The fourth-order valence-electron chi connectivity index (χ4n) is 1.40. The monoisotopic (exact) mass is 290 g/mol. The van der Waals surface area contributed by atoms with Crippen molar-refractivity contribution in [3.05, 3.63) is 33.9 Å². The number of benzene rings is 1. The third kappa shape index (κ3) is 4.76. The van der Waals surface area contributed by atoms with Gasteiger partial charge in [-0.05, 0) is 12.1 Å². The van der Waals surface area contributed by atoms with E-state index >= 15 is 0 Å². The van der Waals surface area contributed by atoms with Crippen LogP contribution >= 0.6 is 0 Å². The Bertz CT molecular complexity index is 496. The van der Waals surface area contributed by atoms with Gasteiger partial charge in [-0.1, -0.05) is 0 Å². The Morgan fingerprint density at radius 3 is 2.75 bits per heavy atom. The predicted octanol–water partition coefficient (Wildman–Crippen LogP) is 1.99. The van der Waals surface area contributed by atoms with Gasteiger partial charge in [0.05, 0.1) is 17.1 Å². The highest BCUT2D eigenvalue weighted by Crippen LogP contribution is 2.25. The molecule has 20 heavy (non-hydrogen) atoms. The summed E-state index contributed by atoms with van der Waals surface area (Å²) in [7, 11) is 0. The molecule has 0 unspecified atom stereocenters. The number of alkyl halides is 2. The lowest BCUT2D eigenvalue weighted by atomic mass is 10.1. The molecule has 0 heterocycles. The van der Waals surface area contributed by atoms with Crippen molar-refractivity contribution in [2.75, 3.05) is 25.1 Å². The van der Waals surface area contributed by atoms with Gasteiger partial charge in [0.15, 0.2) is 0 Å². The molecule has 9 heteroatoms. The first-order valence-electron chi connectivity index (χ1n) is 5.53. The first kappa shape index (κ1) is 15.8. The summed E-state index contributed by atoms with van der Waals surface area (Å²) in [6.07, 6.45) is -2.58. The van der Waals surface area contributed by atoms with Crippen LogP contribution in [0.3, 0.4) is 0 Å². The lowest BCUT2D eigenvalue weighted by molar-refractivity contribution is -0.384. The van der Waals surface area contributed by atoms with Gasteiger partial charge in [-0.2, -0.15) is 0 Å². The van der Waals surface area contributed by atoms with E-state index in [4.69, 9.17) is 5.11 Å². The molecule has 0 aliphatic carbocycles. The number of nitro groups is 1. The molecule has 0 aliphatic heterocycles. The van der Waals surface area contributed by atoms with E-state index in [2.05, 4.69) is 10.1 Å². The Kier molecular flexibility index (Phi) is 5.78. The van der Waals surface area contributed by atoms with Gasteiger partial charge in [-0.25, -0.2) is 13.6 Å². The molecule has 0 bridgehead atoms. The number of carboxylic acid groups (broad SMARTS) is 1. The molecule has 0 radical (unpaired) electrons. The minimum Gasteiger partial charge on any atom is -0.478 e. The van der Waals surface area contributed by atoms with E-state index in [0.29, 0.717) is 0 Å². The maximum atomic E-state index is 11.8. The van der Waals surface area contributed by atoms with Crippen LogP contribution < -0.4 is 5.32 Å². The summed E-state index contributed by atoms with van der Waals surface area (Å²) in [5.74, 6) is -1.23. The third-order valence-electron chi connectivity index (χ3n) is 2.25. The average molecular weight is 290 g/mol. The van der Waals surface area contributed by atoms with E-state index in [0.717, 1.165) is 18.2 Å². The molecule has 0 spiro atoms. The quantitative estimate of drug-likeness (QED) is 0.431. The number of halogens is 2. The van der Waals surface area contributed by atoms with Crippen molar-refractivity contribution in [1.29, 1.82) is 0 Å². The number of anilines is 1. The van der Waals surface area contributed by atoms with E-state index < -0.39 is 23.9 Å². The summed E-state index contributed by atoms with van der Waals surface area (Å²) < 4.78 is 28.2. The predicted molar refractivity (Wildman–Crippen MR) is 65.4 cm³/mol. The van der Waals surface area contributed by atoms with Crippen LogP contribution in [0.5, 0.6) is 0 Å². The van der Waals surface area contributed by atoms with Gasteiger partial charge < -0.3 is 15.2 Å². The smallest absolute Gasteiger partial charge is 0.335 e.